The molecular formula is C28H16F4N2O6S. The molecule has 208 valence electrons. The van der Waals surface area contributed by atoms with Crippen LogP contribution in [-0.2, 0) is 0 Å². The molecule has 41 heavy (non-hydrogen) atoms. The Morgan fingerprint density at radius 2 is 1.24 bits per heavy atom. The number of nitrogens with one attached hydrogen (secondary N) is 1. The molecule has 0 fully saturated rings. The first-order valence-corrected chi connectivity index (χ1v) is 12.4. The Labute approximate surface area is 232 Å². The van der Waals surface area contributed by atoms with E-state index in [2.05, 4.69) is 10.3 Å². The average molecular weight is 585 g/mol. The van der Waals surface area contributed by atoms with Gasteiger partial charge in [-0.15, -0.1) is 0 Å². The minimum atomic E-state index is -1.87. The van der Waals surface area contributed by atoms with Gasteiger partial charge in [-0.1, -0.05) is 11.3 Å². The minimum Gasteiger partial charge on any atom is -0.497 e. The summed E-state index contributed by atoms with van der Waals surface area (Å²) in [7, 11) is 1.53. The molecule has 1 amide bonds. The molecule has 4 aromatic carbocycles. The maximum atomic E-state index is 14.7. The standard InChI is InChI=1S/C28H16F4N2O6S/c1-38-17-10-11-18-19(12-17)41-28(33-18)34-26(35)13-2-6-15(7-3-13)39-24-20(29)22(31)25(23(32)21(24)30)40-16-8-4-14(5-9-16)27(36)37/h2-12H,1H3,(H,36,37)(H,33,34,35). The number of carbonyl (C=O) groups excluding carboxylic acids is 1. The van der Waals surface area contributed by atoms with E-state index in [1.54, 1.807) is 18.2 Å². The second-order valence-electron chi connectivity index (χ2n) is 8.28. The molecule has 0 spiro atoms. The van der Waals surface area contributed by atoms with Crippen LogP contribution in [0.2, 0.25) is 0 Å². The number of nitrogens with zero attached hydrogens (tertiary/aromatic N) is 1. The van der Waals surface area contributed by atoms with Crippen LogP contribution < -0.4 is 19.5 Å². The van der Waals surface area contributed by atoms with Gasteiger partial charge in [-0.3, -0.25) is 10.1 Å². The van der Waals surface area contributed by atoms with Crippen molar-refractivity contribution in [2.24, 2.45) is 0 Å². The van der Waals surface area contributed by atoms with Gasteiger partial charge in [-0.25, -0.2) is 9.78 Å². The number of halogens is 4. The Morgan fingerprint density at radius 1 is 0.756 bits per heavy atom. The lowest BCUT2D eigenvalue weighted by Crippen LogP contribution is -2.11. The highest BCUT2D eigenvalue weighted by atomic mass is 32.1. The number of amides is 1. The molecule has 1 aromatic heterocycles. The van der Waals surface area contributed by atoms with Gasteiger partial charge < -0.3 is 19.3 Å². The monoisotopic (exact) mass is 584 g/mol. The lowest BCUT2D eigenvalue weighted by molar-refractivity contribution is 0.0696. The summed E-state index contributed by atoms with van der Waals surface area (Å²) in [4.78, 5) is 27.9. The predicted octanol–water partition coefficient (Wildman–Crippen LogP) is 7.40. The zero-order valence-corrected chi connectivity index (χ0v) is 21.5. The van der Waals surface area contributed by atoms with Gasteiger partial charge in [0.1, 0.15) is 17.2 Å². The third kappa shape index (κ3) is 5.61. The van der Waals surface area contributed by atoms with Gasteiger partial charge in [0, 0.05) is 5.56 Å². The molecular weight excluding hydrogens is 568 g/mol. The highest BCUT2D eigenvalue weighted by Gasteiger charge is 2.29. The number of aromatic nitrogens is 1. The summed E-state index contributed by atoms with van der Waals surface area (Å²) < 4.78 is 74.7. The van der Waals surface area contributed by atoms with Crippen LogP contribution in [0, 0.1) is 23.3 Å². The number of benzene rings is 4. The summed E-state index contributed by atoms with van der Waals surface area (Å²) >= 11 is 1.23. The number of hydrogen-bond acceptors (Lipinski definition) is 7. The number of anilines is 1. The van der Waals surface area contributed by atoms with Crippen LogP contribution in [0.1, 0.15) is 20.7 Å². The summed E-state index contributed by atoms with van der Waals surface area (Å²) in [6.07, 6.45) is 0. The van der Waals surface area contributed by atoms with Crippen molar-refractivity contribution in [2.45, 2.75) is 0 Å². The number of carboxylic acids is 1. The molecule has 5 aromatic rings. The molecule has 0 aliphatic rings. The Hall–Kier alpha value is -5.17. The zero-order chi connectivity index (χ0) is 29.3. The van der Waals surface area contributed by atoms with Crippen LogP contribution in [0.25, 0.3) is 10.2 Å². The fourth-order valence-electron chi connectivity index (χ4n) is 3.60. The minimum absolute atomic E-state index is 0.138. The number of ether oxygens (including phenoxy) is 3. The summed E-state index contributed by atoms with van der Waals surface area (Å²) in [5.41, 5.74) is 0.664. The molecule has 2 N–H and O–H groups in total. The highest BCUT2D eigenvalue weighted by molar-refractivity contribution is 7.22. The van der Waals surface area contributed by atoms with E-state index in [1.165, 1.54) is 42.7 Å². The van der Waals surface area contributed by atoms with Crippen molar-refractivity contribution >= 4 is 38.6 Å². The number of fused-ring (bicyclic) bond motifs is 1. The van der Waals surface area contributed by atoms with Gasteiger partial charge in [-0.05, 0) is 66.7 Å². The van der Waals surface area contributed by atoms with E-state index >= 15 is 0 Å². The van der Waals surface area contributed by atoms with Crippen LogP contribution in [0.5, 0.6) is 28.7 Å². The lowest BCUT2D eigenvalue weighted by atomic mass is 10.2. The summed E-state index contributed by atoms with van der Waals surface area (Å²) in [6.45, 7) is 0. The Balaban J connectivity index is 1.31. The van der Waals surface area contributed by atoms with Crippen LogP contribution in [0.15, 0.2) is 66.7 Å². The molecule has 1 heterocycles. The van der Waals surface area contributed by atoms with Crippen molar-refractivity contribution in [1.82, 2.24) is 4.98 Å². The quantitative estimate of drug-likeness (QED) is 0.145. The number of carboxylic acid groups (broad SMARTS) is 1. The van der Waals surface area contributed by atoms with Crippen molar-refractivity contribution in [3.05, 3.63) is 101 Å². The third-order valence-corrected chi connectivity index (χ3v) is 6.59. The van der Waals surface area contributed by atoms with E-state index in [4.69, 9.17) is 19.3 Å². The van der Waals surface area contributed by atoms with E-state index < -0.39 is 46.6 Å². The number of thiazole rings is 1. The highest BCUT2D eigenvalue weighted by Crippen LogP contribution is 2.39. The first-order valence-electron chi connectivity index (χ1n) is 11.6. The van der Waals surface area contributed by atoms with Crippen molar-refractivity contribution < 1.29 is 46.5 Å². The summed E-state index contributed by atoms with van der Waals surface area (Å²) in [5, 5.41) is 11.9. The Bertz CT molecular complexity index is 1760. The summed E-state index contributed by atoms with van der Waals surface area (Å²) in [6, 6.07) is 14.5. The Kier molecular flexibility index (Phi) is 7.44. The van der Waals surface area contributed by atoms with Gasteiger partial charge >= 0.3 is 5.97 Å². The van der Waals surface area contributed by atoms with Crippen molar-refractivity contribution in [3.8, 4) is 28.7 Å². The van der Waals surface area contributed by atoms with E-state index in [1.807, 2.05) is 0 Å². The number of hydrogen-bond donors (Lipinski definition) is 2. The predicted molar refractivity (Wildman–Crippen MR) is 140 cm³/mol. The number of carbonyl (C=O) groups is 2. The second kappa shape index (κ2) is 11.1. The molecule has 0 atom stereocenters. The molecule has 0 radical (unpaired) electrons. The third-order valence-electron chi connectivity index (χ3n) is 5.66. The number of rotatable bonds is 8. The van der Waals surface area contributed by atoms with Crippen molar-refractivity contribution in [1.29, 1.82) is 0 Å². The smallest absolute Gasteiger partial charge is 0.335 e. The fraction of sp³-hybridized carbons (Fsp3) is 0.0357. The van der Waals surface area contributed by atoms with Crippen LogP contribution in [-0.4, -0.2) is 29.1 Å². The Morgan fingerprint density at radius 3 is 1.73 bits per heavy atom. The van der Waals surface area contributed by atoms with Gasteiger partial charge in [-0.2, -0.15) is 17.6 Å². The fourth-order valence-corrected chi connectivity index (χ4v) is 4.49. The second-order valence-corrected chi connectivity index (χ2v) is 9.31. The van der Waals surface area contributed by atoms with Crippen molar-refractivity contribution in [2.75, 3.05) is 12.4 Å². The average Bonchev–Trinajstić information content (AvgIpc) is 3.38. The van der Waals surface area contributed by atoms with Crippen LogP contribution >= 0.6 is 11.3 Å². The van der Waals surface area contributed by atoms with Gasteiger partial charge in [0.2, 0.25) is 34.8 Å². The lowest BCUT2D eigenvalue weighted by Gasteiger charge is -2.14. The van der Waals surface area contributed by atoms with E-state index in [0.717, 1.165) is 29.0 Å². The topological polar surface area (TPSA) is 107 Å². The maximum Gasteiger partial charge on any atom is 0.335 e. The van der Waals surface area contributed by atoms with Gasteiger partial charge in [0.15, 0.2) is 5.13 Å². The first kappa shape index (κ1) is 27.4. The van der Waals surface area contributed by atoms with E-state index in [9.17, 15) is 27.2 Å². The van der Waals surface area contributed by atoms with E-state index in [-0.39, 0.29) is 22.6 Å². The van der Waals surface area contributed by atoms with Crippen LogP contribution in [0.3, 0.4) is 0 Å². The normalized spacial score (nSPS) is 10.9. The molecule has 0 unspecified atom stereocenters. The van der Waals surface area contributed by atoms with Crippen LogP contribution in [0.4, 0.5) is 22.7 Å². The maximum absolute atomic E-state index is 14.7. The van der Waals surface area contributed by atoms with E-state index in [0.29, 0.717) is 16.4 Å². The molecule has 0 saturated heterocycles. The molecule has 0 saturated carbocycles. The molecule has 0 aliphatic carbocycles. The number of methoxy groups -OCH3 is 1. The van der Waals surface area contributed by atoms with Gasteiger partial charge in [0.05, 0.1) is 22.9 Å². The largest absolute Gasteiger partial charge is 0.497 e. The molecule has 0 bridgehead atoms. The van der Waals surface area contributed by atoms with Gasteiger partial charge in [0.25, 0.3) is 5.91 Å². The number of aromatic carboxylic acids is 1. The first-order chi connectivity index (χ1) is 19.6. The molecule has 13 heteroatoms. The molecule has 0 aliphatic heterocycles. The van der Waals surface area contributed by atoms with Crippen molar-refractivity contribution in [3.63, 3.8) is 0 Å². The molecule has 5 rings (SSSR count). The summed E-state index contributed by atoms with van der Waals surface area (Å²) in [5.74, 6) is -11.8. The zero-order valence-electron chi connectivity index (χ0n) is 20.7. The SMILES string of the molecule is COc1ccc2nc(NC(=O)c3ccc(Oc4c(F)c(F)c(Oc5ccc(C(=O)O)cc5)c(F)c4F)cc3)sc2c1. The molecule has 8 nitrogen and oxygen atoms in total.